The minimum absolute atomic E-state index is 0.424. The number of sulfone groups is 1. The Kier molecular flexibility index (Phi) is 4.34. The van der Waals surface area contributed by atoms with Crippen LogP contribution in [0.4, 0.5) is 13.2 Å². The zero-order valence-electron chi connectivity index (χ0n) is 10.9. The minimum Gasteiger partial charge on any atom is -0.214 e. The van der Waals surface area contributed by atoms with Crippen molar-refractivity contribution in [2.45, 2.75) is 15.3 Å². The van der Waals surface area contributed by atoms with Crippen LogP contribution in [0.15, 0.2) is 58.3 Å². The molecule has 0 spiro atoms. The fourth-order valence-corrected chi connectivity index (χ4v) is 2.98. The van der Waals surface area contributed by atoms with Crippen molar-refractivity contribution in [2.75, 3.05) is 6.26 Å². The van der Waals surface area contributed by atoms with Gasteiger partial charge in [-0.3, -0.25) is 0 Å². The largest absolute Gasteiger partial charge is 0.501 e. The van der Waals surface area contributed by atoms with E-state index in [-0.39, 0.29) is 0 Å². The molecule has 2 aromatic carbocycles. The molecule has 0 saturated carbocycles. The van der Waals surface area contributed by atoms with E-state index in [0.29, 0.717) is 11.1 Å². The van der Waals surface area contributed by atoms with Crippen LogP contribution in [-0.2, 0) is 9.84 Å². The highest BCUT2D eigenvalue weighted by Gasteiger charge is 2.46. The summed E-state index contributed by atoms with van der Waals surface area (Å²) in [6, 6.07) is 12.0. The summed E-state index contributed by atoms with van der Waals surface area (Å²) in [4.78, 5) is 0.263. The number of benzene rings is 2. The summed E-state index contributed by atoms with van der Waals surface area (Å²) in [5, 5.41) is 0. The molecule has 0 aliphatic heterocycles. The van der Waals surface area contributed by atoms with E-state index in [9.17, 15) is 21.6 Å². The molecule has 2 aromatic rings. The molecule has 7 heteroatoms. The third-order valence-electron chi connectivity index (χ3n) is 2.87. The zero-order valence-corrected chi connectivity index (χ0v) is 12.5. The van der Waals surface area contributed by atoms with Crippen LogP contribution in [0.2, 0.25) is 0 Å². The molecule has 0 saturated heterocycles. The Balaban J connectivity index is 2.47. The number of hydrogen-bond donors (Lipinski definition) is 0. The fraction of sp³-hybridized carbons (Fsp3) is 0.143. The summed E-state index contributed by atoms with van der Waals surface area (Å²) in [6.07, 6.45) is 1.91. The van der Waals surface area contributed by atoms with Gasteiger partial charge in [0.25, 0.3) is 9.84 Å². The first-order valence-electron chi connectivity index (χ1n) is 5.81. The molecule has 2 rings (SSSR count). The highest BCUT2D eigenvalue weighted by Crippen LogP contribution is 2.32. The van der Waals surface area contributed by atoms with Crippen LogP contribution in [-0.4, -0.2) is 20.2 Å². The third-order valence-corrected chi connectivity index (χ3v) is 5.10. The smallest absolute Gasteiger partial charge is 0.214 e. The molecule has 0 fully saturated rings. The summed E-state index contributed by atoms with van der Waals surface area (Å²) in [5.74, 6) is 0. The van der Waals surface area contributed by atoms with Crippen molar-refractivity contribution in [3.8, 4) is 11.1 Å². The molecule has 0 aromatic heterocycles. The molecule has 0 unspecified atom stereocenters. The molecule has 2 nitrogen and oxygen atoms in total. The van der Waals surface area contributed by atoms with E-state index in [0.717, 1.165) is 17.0 Å². The first-order valence-corrected chi connectivity index (χ1v) is 8.52. The van der Waals surface area contributed by atoms with Crippen molar-refractivity contribution in [3.05, 3.63) is 48.5 Å². The molecule has 0 aliphatic carbocycles. The highest BCUT2D eigenvalue weighted by atomic mass is 32.2. The minimum atomic E-state index is -5.32. The van der Waals surface area contributed by atoms with Crippen LogP contribution >= 0.6 is 11.8 Å². The molecule has 0 aliphatic rings. The van der Waals surface area contributed by atoms with Gasteiger partial charge >= 0.3 is 5.51 Å². The second-order valence-electron chi connectivity index (χ2n) is 4.21. The highest BCUT2D eigenvalue weighted by molar-refractivity contribution is 7.98. The summed E-state index contributed by atoms with van der Waals surface area (Å²) >= 11 is 1.54. The lowest BCUT2D eigenvalue weighted by molar-refractivity contribution is -0.0435. The van der Waals surface area contributed by atoms with Crippen molar-refractivity contribution >= 4 is 21.6 Å². The van der Waals surface area contributed by atoms with Gasteiger partial charge in [0.1, 0.15) is 0 Å². The number of halogens is 3. The summed E-state index contributed by atoms with van der Waals surface area (Å²) in [7, 11) is -5.32. The Labute approximate surface area is 124 Å². The average Bonchev–Trinajstić information content (AvgIpc) is 2.46. The van der Waals surface area contributed by atoms with Crippen LogP contribution in [0.1, 0.15) is 0 Å². The molecule has 0 heterocycles. The van der Waals surface area contributed by atoms with Crippen LogP contribution in [0.25, 0.3) is 11.1 Å². The average molecular weight is 332 g/mol. The van der Waals surface area contributed by atoms with Gasteiger partial charge in [-0.2, -0.15) is 13.2 Å². The van der Waals surface area contributed by atoms with Crippen molar-refractivity contribution < 1.29 is 21.6 Å². The Morgan fingerprint density at radius 1 is 0.952 bits per heavy atom. The standard InChI is InChI=1S/C14H11F3O2S2/c1-20-12-7-5-10(6-8-12)11-3-2-4-13(9-11)21(18,19)14(15,16)17/h2-9H,1H3. The van der Waals surface area contributed by atoms with E-state index in [1.54, 1.807) is 18.2 Å². The SMILES string of the molecule is CSc1ccc(-c2cccc(S(=O)(=O)C(F)(F)F)c2)cc1. The van der Waals surface area contributed by atoms with Gasteiger partial charge < -0.3 is 0 Å². The summed E-state index contributed by atoms with van der Waals surface area (Å²) in [5.41, 5.74) is -4.21. The van der Waals surface area contributed by atoms with Crippen LogP contribution in [0.5, 0.6) is 0 Å². The summed E-state index contributed by atoms with van der Waals surface area (Å²) < 4.78 is 60.5. The van der Waals surface area contributed by atoms with E-state index in [1.807, 2.05) is 18.4 Å². The van der Waals surface area contributed by atoms with Crippen molar-refractivity contribution in [1.29, 1.82) is 0 Å². The zero-order chi connectivity index (χ0) is 15.7. The second kappa shape index (κ2) is 5.73. The molecular weight excluding hydrogens is 321 g/mol. The topological polar surface area (TPSA) is 34.1 Å². The molecular formula is C14H11F3O2S2. The van der Waals surface area contributed by atoms with Gasteiger partial charge in [-0.05, 0) is 41.6 Å². The molecule has 0 amide bonds. The Morgan fingerprint density at radius 2 is 1.57 bits per heavy atom. The van der Waals surface area contributed by atoms with Gasteiger partial charge in [-0.1, -0.05) is 24.3 Å². The van der Waals surface area contributed by atoms with E-state index in [2.05, 4.69) is 0 Å². The molecule has 112 valence electrons. The Bertz CT molecular complexity index is 736. The van der Waals surface area contributed by atoms with Crippen LogP contribution in [0.3, 0.4) is 0 Å². The van der Waals surface area contributed by atoms with Gasteiger partial charge in [0.05, 0.1) is 4.90 Å². The van der Waals surface area contributed by atoms with Gasteiger partial charge in [-0.25, -0.2) is 8.42 Å². The predicted octanol–water partition coefficient (Wildman–Crippen LogP) is 4.37. The van der Waals surface area contributed by atoms with Gasteiger partial charge in [0, 0.05) is 4.90 Å². The monoisotopic (exact) mass is 332 g/mol. The maximum atomic E-state index is 12.6. The van der Waals surface area contributed by atoms with E-state index < -0.39 is 20.2 Å². The van der Waals surface area contributed by atoms with Crippen LogP contribution < -0.4 is 0 Å². The van der Waals surface area contributed by atoms with Gasteiger partial charge in [-0.15, -0.1) is 11.8 Å². The lowest BCUT2D eigenvalue weighted by Crippen LogP contribution is -2.23. The Morgan fingerprint density at radius 3 is 2.10 bits per heavy atom. The number of thioether (sulfide) groups is 1. The van der Waals surface area contributed by atoms with Crippen molar-refractivity contribution in [3.63, 3.8) is 0 Å². The molecule has 0 bridgehead atoms. The lowest BCUT2D eigenvalue weighted by atomic mass is 10.1. The molecule has 21 heavy (non-hydrogen) atoms. The molecule has 0 radical (unpaired) electrons. The maximum absolute atomic E-state index is 12.6. The quantitative estimate of drug-likeness (QED) is 0.783. The lowest BCUT2D eigenvalue weighted by Gasteiger charge is -2.10. The van der Waals surface area contributed by atoms with Crippen LogP contribution in [0, 0.1) is 0 Å². The van der Waals surface area contributed by atoms with E-state index in [4.69, 9.17) is 0 Å². The van der Waals surface area contributed by atoms with Crippen molar-refractivity contribution in [1.82, 2.24) is 0 Å². The van der Waals surface area contributed by atoms with E-state index >= 15 is 0 Å². The normalized spacial score (nSPS) is 12.4. The number of rotatable bonds is 3. The predicted molar refractivity (Wildman–Crippen MR) is 76.9 cm³/mol. The Hall–Kier alpha value is -1.47. The van der Waals surface area contributed by atoms with E-state index in [1.165, 1.54) is 17.8 Å². The first-order chi connectivity index (χ1) is 9.75. The summed E-state index contributed by atoms with van der Waals surface area (Å²) in [6.45, 7) is 0. The van der Waals surface area contributed by atoms with Crippen molar-refractivity contribution in [2.24, 2.45) is 0 Å². The van der Waals surface area contributed by atoms with Gasteiger partial charge in [0.2, 0.25) is 0 Å². The number of hydrogen-bond acceptors (Lipinski definition) is 3. The second-order valence-corrected chi connectivity index (χ2v) is 7.03. The van der Waals surface area contributed by atoms with Gasteiger partial charge in [0.15, 0.2) is 0 Å². The molecule has 0 atom stereocenters. The first kappa shape index (κ1) is 15.9. The third kappa shape index (κ3) is 3.24. The maximum Gasteiger partial charge on any atom is 0.501 e. The number of alkyl halides is 3. The molecule has 0 N–H and O–H groups in total. The fourth-order valence-electron chi connectivity index (χ4n) is 1.76.